The molecule has 0 fully saturated rings. The van der Waals surface area contributed by atoms with Crippen LogP contribution in [-0.2, 0) is 9.53 Å². The Bertz CT molecular complexity index is 1170. The van der Waals surface area contributed by atoms with Gasteiger partial charge >= 0.3 is 5.97 Å². The molecule has 162 valence electrons. The van der Waals surface area contributed by atoms with E-state index in [1.165, 1.54) is 0 Å². The van der Waals surface area contributed by atoms with Gasteiger partial charge in [-0.2, -0.15) is 0 Å². The molecule has 4 rings (SSSR count). The third-order valence-electron chi connectivity index (χ3n) is 6.24. The lowest BCUT2D eigenvalue weighted by atomic mass is 9.67. The van der Waals surface area contributed by atoms with Crippen molar-refractivity contribution in [2.24, 2.45) is 0 Å². The zero-order chi connectivity index (χ0) is 22.8. The predicted molar refractivity (Wildman–Crippen MR) is 104 cm³/mol. The lowest BCUT2D eigenvalue weighted by Crippen LogP contribution is -2.46. The van der Waals surface area contributed by atoms with Gasteiger partial charge in [-0.15, -0.1) is 0 Å². The number of phenolic OH excluding ortho intramolecular Hbond substituents is 3. The van der Waals surface area contributed by atoms with Crippen molar-refractivity contribution in [3.8, 4) is 17.2 Å². The third-order valence-corrected chi connectivity index (χ3v) is 6.24. The molecule has 0 heterocycles. The van der Waals surface area contributed by atoms with Crippen molar-refractivity contribution in [2.45, 2.75) is 37.4 Å². The quantitative estimate of drug-likeness (QED) is 0.300. The van der Waals surface area contributed by atoms with E-state index in [-0.39, 0.29) is 29.5 Å². The van der Waals surface area contributed by atoms with Crippen molar-refractivity contribution in [3.63, 3.8) is 0 Å². The molecule has 0 bridgehead atoms. The number of phenols is 3. The highest BCUT2D eigenvalue weighted by atomic mass is 16.5. The lowest BCUT2D eigenvalue weighted by Gasteiger charge is -2.42. The summed E-state index contributed by atoms with van der Waals surface area (Å²) >= 11 is 0. The molecule has 0 saturated heterocycles. The van der Waals surface area contributed by atoms with E-state index in [2.05, 4.69) is 0 Å². The molecule has 0 aromatic heterocycles. The lowest BCUT2D eigenvalue weighted by molar-refractivity contribution is -0.153. The SMILES string of the molecule is CC[C@]1(O)C[C@@H](O)c2c(cc3c(c2O)C(=O)c2c(O)ccc(O)c2C3=O)[C@H]1C(=O)OC. The van der Waals surface area contributed by atoms with E-state index >= 15 is 0 Å². The van der Waals surface area contributed by atoms with Crippen LogP contribution in [0.3, 0.4) is 0 Å². The van der Waals surface area contributed by atoms with Gasteiger partial charge in [0.05, 0.1) is 35.5 Å². The number of esters is 1. The number of carbonyl (C=O) groups is 3. The number of fused-ring (bicyclic) bond motifs is 3. The van der Waals surface area contributed by atoms with Gasteiger partial charge in [-0.3, -0.25) is 14.4 Å². The molecule has 0 radical (unpaired) electrons. The minimum absolute atomic E-state index is 0.0459. The number of benzene rings is 2. The van der Waals surface area contributed by atoms with Crippen LogP contribution in [0, 0.1) is 0 Å². The van der Waals surface area contributed by atoms with Crippen molar-refractivity contribution >= 4 is 17.5 Å². The minimum atomic E-state index is -1.72. The maximum atomic E-state index is 13.1. The van der Waals surface area contributed by atoms with Gasteiger partial charge < -0.3 is 30.3 Å². The van der Waals surface area contributed by atoms with Crippen LogP contribution in [0.2, 0.25) is 0 Å². The van der Waals surface area contributed by atoms with Crippen LogP contribution >= 0.6 is 0 Å². The number of rotatable bonds is 2. The van der Waals surface area contributed by atoms with E-state index in [1.54, 1.807) is 6.92 Å². The fourth-order valence-corrected chi connectivity index (χ4v) is 4.66. The molecule has 31 heavy (non-hydrogen) atoms. The maximum Gasteiger partial charge on any atom is 0.316 e. The molecule has 2 aliphatic carbocycles. The summed E-state index contributed by atoms with van der Waals surface area (Å²) in [5.74, 6) is -5.77. The number of hydrogen-bond acceptors (Lipinski definition) is 9. The molecule has 2 aromatic carbocycles. The summed E-state index contributed by atoms with van der Waals surface area (Å²) in [5, 5.41) is 52.9. The van der Waals surface area contributed by atoms with Gasteiger partial charge in [0.25, 0.3) is 0 Å². The molecule has 9 nitrogen and oxygen atoms in total. The van der Waals surface area contributed by atoms with E-state index in [9.17, 15) is 39.9 Å². The summed E-state index contributed by atoms with van der Waals surface area (Å²) in [5.41, 5.74) is -3.62. The Kier molecular flexibility index (Phi) is 4.56. The predicted octanol–water partition coefficient (Wildman–Crippen LogP) is 1.41. The van der Waals surface area contributed by atoms with Crippen LogP contribution in [0.4, 0.5) is 0 Å². The maximum absolute atomic E-state index is 13.1. The Labute approximate surface area is 176 Å². The average molecular weight is 428 g/mol. The summed E-state index contributed by atoms with van der Waals surface area (Å²) in [7, 11) is 1.12. The van der Waals surface area contributed by atoms with Crippen LogP contribution in [0.25, 0.3) is 0 Å². The zero-order valence-electron chi connectivity index (χ0n) is 16.7. The highest BCUT2D eigenvalue weighted by Gasteiger charge is 2.51. The van der Waals surface area contributed by atoms with Gasteiger partial charge in [-0.05, 0) is 30.2 Å². The first kappa shape index (κ1) is 20.8. The Balaban J connectivity index is 2.06. The summed E-state index contributed by atoms with van der Waals surface area (Å²) in [6, 6.07) is 3.25. The van der Waals surface area contributed by atoms with E-state index < -0.39 is 69.1 Å². The first-order valence-corrected chi connectivity index (χ1v) is 9.59. The first-order chi connectivity index (χ1) is 14.6. The Morgan fingerprint density at radius 2 is 1.68 bits per heavy atom. The van der Waals surface area contributed by atoms with E-state index in [0.717, 1.165) is 25.3 Å². The van der Waals surface area contributed by atoms with Crippen LogP contribution in [0.15, 0.2) is 18.2 Å². The molecular formula is C22H20O9. The van der Waals surface area contributed by atoms with Gasteiger partial charge in [0.2, 0.25) is 5.78 Å². The molecule has 2 aromatic rings. The zero-order valence-corrected chi connectivity index (χ0v) is 16.7. The van der Waals surface area contributed by atoms with Gasteiger partial charge in [-0.1, -0.05) is 6.92 Å². The van der Waals surface area contributed by atoms with Crippen LogP contribution < -0.4 is 0 Å². The van der Waals surface area contributed by atoms with Crippen molar-refractivity contribution in [1.29, 1.82) is 0 Å². The number of hydrogen-bond donors (Lipinski definition) is 5. The standard InChI is InChI=1S/C22H20O9/c1-3-22(30)7-12(25)13-8(17(22)21(29)31-2)6-9-14(19(13)27)20(28)16-11(24)5-4-10(23)15(16)18(9)26/h4-6,12,17,23-25,27,30H,3,7H2,1-2H3/t12-,17+,22+/m1/s1. The van der Waals surface area contributed by atoms with E-state index in [0.29, 0.717) is 0 Å². The largest absolute Gasteiger partial charge is 0.507 e. The Morgan fingerprint density at radius 1 is 1.10 bits per heavy atom. The summed E-state index contributed by atoms with van der Waals surface area (Å²) in [6.45, 7) is 1.61. The van der Waals surface area contributed by atoms with Gasteiger partial charge in [0.1, 0.15) is 23.2 Å². The molecule has 0 saturated carbocycles. The van der Waals surface area contributed by atoms with Crippen molar-refractivity contribution < 1.29 is 44.7 Å². The topological polar surface area (TPSA) is 162 Å². The van der Waals surface area contributed by atoms with Crippen LogP contribution in [0.1, 0.15) is 74.8 Å². The highest BCUT2D eigenvalue weighted by molar-refractivity contribution is 6.31. The monoisotopic (exact) mass is 428 g/mol. The van der Waals surface area contributed by atoms with Gasteiger partial charge in [0, 0.05) is 17.5 Å². The van der Waals surface area contributed by atoms with E-state index in [1.807, 2.05) is 0 Å². The molecule has 0 amide bonds. The second-order valence-corrected chi connectivity index (χ2v) is 7.80. The second kappa shape index (κ2) is 6.79. The number of carbonyl (C=O) groups excluding carboxylic acids is 3. The van der Waals surface area contributed by atoms with Gasteiger partial charge in [-0.25, -0.2) is 0 Å². The fraction of sp³-hybridized carbons (Fsp3) is 0.318. The first-order valence-electron chi connectivity index (χ1n) is 9.59. The Hall–Kier alpha value is -3.43. The smallest absolute Gasteiger partial charge is 0.316 e. The van der Waals surface area contributed by atoms with E-state index in [4.69, 9.17) is 4.74 Å². The van der Waals surface area contributed by atoms with Crippen LogP contribution in [-0.4, -0.2) is 55.8 Å². The minimum Gasteiger partial charge on any atom is -0.507 e. The number of ether oxygens (including phenoxy) is 1. The van der Waals surface area contributed by atoms with Crippen molar-refractivity contribution in [2.75, 3.05) is 7.11 Å². The number of methoxy groups -OCH3 is 1. The molecule has 5 N–H and O–H groups in total. The normalized spacial score (nSPS) is 24.3. The molecule has 9 heteroatoms. The second-order valence-electron chi connectivity index (χ2n) is 7.80. The summed E-state index contributed by atoms with van der Waals surface area (Å²) < 4.78 is 4.81. The molecular weight excluding hydrogens is 408 g/mol. The molecule has 3 atom stereocenters. The van der Waals surface area contributed by atoms with Crippen LogP contribution in [0.5, 0.6) is 17.2 Å². The third kappa shape index (κ3) is 2.67. The number of ketones is 2. The van der Waals surface area contributed by atoms with Crippen molar-refractivity contribution in [1.82, 2.24) is 0 Å². The summed E-state index contributed by atoms with van der Waals surface area (Å²) in [4.78, 5) is 38.8. The summed E-state index contributed by atoms with van der Waals surface area (Å²) in [6.07, 6.45) is -1.69. The molecule has 0 spiro atoms. The fourth-order valence-electron chi connectivity index (χ4n) is 4.66. The Morgan fingerprint density at radius 3 is 2.23 bits per heavy atom. The van der Waals surface area contributed by atoms with Gasteiger partial charge in [0.15, 0.2) is 5.78 Å². The number of aliphatic hydroxyl groups excluding tert-OH is 1. The molecule has 0 aliphatic heterocycles. The number of aromatic hydroxyl groups is 3. The highest BCUT2D eigenvalue weighted by Crippen LogP contribution is 2.52. The molecule has 2 aliphatic rings. The average Bonchev–Trinajstić information content (AvgIpc) is 2.72. The number of aliphatic hydroxyl groups is 2. The molecule has 0 unspecified atom stereocenters. The van der Waals surface area contributed by atoms with Crippen molar-refractivity contribution in [3.05, 3.63) is 51.6 Å².